The number of para-hydroxylation sites is 1. The van der Waals surface area contributed by atoms with Crippen molar-refractivity contribution < 1.29 is 4.79 Å². The fourth-order valence-electron chi connectivity index (χ4n) is 3.26. The third kappa shape index (κ3) is 2.81. The predicted molar refractivity (Wildman–Crippen MR) is 85.0 cm³/mol. The van der Waals surface area contributed by atoms with Crippen molar-refractivity contribution in [1.82, 2.24) is 9.88 Å². The molecule has 2 unspecified atom stereocenters. The summed E-state index contributed by atoms with van der Waals surface area (Å²) in [5.74, 6) is 0.665. The Morgan fingerprint density at radius 3 is 3.00 bits per heavy atom. The lowest BCUT2D eigenvalue weighted by atomic mass is 9.93. The second kappa shape index (κ2) is 5.90. The summed E-state index contributed by atoms with van der Waals surface area (Å²) in [6.45, 7) is 3.61. The highest BCUT2D eigenvalue weighted by Crippen LogP contribution is 2.24. The number of H-pyrrole nitrogens is 1. The number of carbonyl (C=O) groups is 1. The van der Waals surface area contributed by atoms with E-state index in [9.17, 15) is 4.79 Å². The Kier molecular flexibility index (Phi) is 3.97. The van der Waals surface area contributed by atoms with Crippen LogP contribution in [0.5, 0.6) is 0 Å². The molecule has 112 valence electrons. The standard InChI is InChI=1S/C17H23N3O/c1-12-6-7-13(9-18)11-20(12)17(21)8-14-10-19-16-5-3-2-4-15(14)16/h2-5,10,12-13,19H,6-9,11,18H2,1H3. The van der Waals surface area contributed by atoms with Gasteiger partial charge in [-0.3, -0.25) is 4.79 Å². The van der Waals surface area contributed by atoms with Gasteiger partial charge in [-0.1, -0.05) is 18.2 Å². The van der Waals surface area contributed by atoms with Crippen LogP contribution in [0.4, 0.5) is 0 Å². The molecule has 4 nitrogen and oxygen atoms in total. The zero-order chi connectivity index (χ0) is 14.8. The first-order valence-electron chi connectivity index (χ1n) is 7.73. The number of nitrogens with one attached hydrogen (secondary N) is 1. The molecular formula is C17H23N3O. The van der Waals surface area contributed by atoms with Crippen LogP contribution >= 0.6 is 0 Å². The Morgan fingerprint density at radius 2 is 2.19 bits per heavy atom. The number of rotatable bonds is 3. The molecule has 2 aromatic rings. The number of nitrogens with zero attached hydrogens (tertiary/aromatic N) is 1. The van der Waals surface area contributed by atoms with Gasteiger partial charge in [0, 0.05) is 29.7 Å². The molecule has 21 heavy (non-hydrogen) atoms. The summed E-state index contributed by atoms with van der Waals surface area (Å²) < 4.78 is 0. The number of likely N-dealkylation sites (tertiary alicyclic amines) is 1. The number of carbonyl (C=O) groups excluding carboxylic acids is 1. The van der Waals surface area contributed by atoms with E-state index < -0.39 is 0 Å². The zero-order valence-electron chi connectivity index (χ0n) is 12.5. The molecule has 1 amide bonds. The molecule has 1 aliphatic heterocycles. The summed E-state index contributed by atoms with van der Waals surface area (Å²) in [5.41, 5.74) is 7.95. The molecule has 0 aliphatic carbocycles. The normalized spacial score (nSPS) is 22.7. The Bertz CT molecular complexity index is 634. The largest absolute Gasteiger partial charge is 0.361 e. The molecular weight excluding hydrogens is 262 g/mol. The molecule has 0 saturated carbocycles. The minimum absolute atomic E-state index is 0.213. The van der Waals surface area contributed by atoms with Crippen molar-refractivity contribution >= 4 is 16.8 Å². The van der Waals surface area contributed by atoms with Gasteiger partial charge in [-0.2, -0.15) is 0 Å². The Balaban J connectivity index is 1.76. The van der Waals surface area contributed by atoms with Gasteiger partial charge in [0.2, 0.25) is 5.91 Å². The minimum atomic E-state index is 0.213. The third-order valence-electron chi connectivity index (χ3n) is 4.65. The van der Waals surface area contributed by atoms with E-state index in [2.05, 4.69) is 18.0 Å². The maximum Gasteiger partial charge on any atom is 0.227 e. The highest BCUT2D eigenvalue weighted by Gasteiger charge is 2.28. The molecule has 2 heterocycles. The summed E-state index contributed by atoms with van der Waals surface area (Å²) in [6, 6.07) is 8.44. The van der Waals surface area contributed by atoms with E-state index in [4.69, 9.17) is 5.73 Å². The summed E-state index contributed by atoms with van der Waals surface area (Å²) in [6.07, 6.45) is 4.61. The average molecular weight is 285 g/mol. The number of aromatic nitrogens is 1. The van der Waals surface area contributed by atoms with Crippen LogP contribution in [0.3, 0.4) is 0 Å². The lowest BCUT2D eigenvalue weighted by Crippen LogP contribution is -2.47. The number of fused-ring (bicyclic) bond motifs is 1. The lowest BCUT2D eigenvalue weighted by Gasteiger charge is -2.37. The van der Waals surface area contributed by atoms with Crippen molar-refractivity contribution in [3.05, 3.63) is 36.0 Å². The van der Waals surface area contributed by atoms with Crippen molar-refractivity contribution in [2.75, 3.05) is 13.1 Å². The fraction of sp³-hybridized carbons (Fsp3) is 0.471. The number of benzene rings is 1. The first-order chi connectivity index (χ1) is 10.2. The van der Waals surface area contributed by atoms with E-state index in [1.165, 1.54) is 0 Å². The second-order valence-electron chi connectivity index (χ2n) is 6.11. The summed E-state index contributed by atoms with van der Waals surface area (Å²) >= 11 is 0. The second-order valence-corrected chi connectivity index (χ2v) is 6.11. The van der Waals surface area contributed by atoms with Crippen LogP contribution in [-0.4, -0.2) is 34.9 Å². The smallest absolute Gasteiger partial charge is 0.227 e. The molecule has 1 fully saturated rings. The van der Waals surface area contributed by atoms with Gasteiger partial charge in [-0.25, -0.2) is 0 Å². The van der Waals surface area contributed by atoms with Gasteiger partial charge in [0.25, 0.3) is 0 Å². The van der Waals surface area contributed by atoms with Gasteiger partial charge in [-0.15, -0.1) is 0 Å². The monoisotopic (exact) mass is 285 g/mol. The number of amides is 1. The maximum absolute atomic E-state index is 12.7. The van der Waals surface area contributed by atoms with Crippen LogP contribution in [0.15, 0.2) is 30.5 Å². The topological polar surface area (TPSA) is 62.1 Å². The summed E-state index contributed by atoms with van der Waals surface area (Å²) in [4.78, 5) is 17.9. The van der Waals surface area contributed by atoms with E-state index in [1.807, 2.05) is 29.3 Å². The van der Waals surface area contributed by atoms with E-state index in [0.29, 0.717) is 24.9 Å². The number of nitrogens with two attached hydrogens (primary N) is 1. The van der Waals surface area contributed by atoms with E-state index in [0.717, 1.165) is 35.9 Å². The molecule has 3 rings (SSSR count). The quantitative estimate of drug-likeness (QED) is 0.909. The van der Waals surface area contributed by atoms with Crippen LogP contribution in [0.1, 0.15) is 25.3 Å². The Morgan fingerprint density at radius 1 is 1.38 bits per heavy atom. The molecule has 1 aromatic carbocycles. The Labute approximate surface area is 125 Å². The molecule has 4 heteroatoms. The van der Waals surface area contributed by atoms with Crippen LogP contribution in [0.2, 0.25) is 0 Å². The van der Waals surface area contributed by atoms with Gasteiger partial charge in [0.05, 0.1) is 6.42 Å². The van der Waals surface area contributed by atoms with Gasteiger partial charge < -0.3 is 15.6 Å². The van der Waals surface area contributed by atoms with E-state index >= 15 is 0 Å². The summed E-state index contributed by atoms with van der Waals surface area (Å²) in [7, 11) is 0. The van der Waals surface area contributed by atoms with Gasteiger partial charge in [-0.05, 0) is 43.9 Å². The van der Waals surface area contributed by atoms with Crippen molar-refractivity contribution in [2.45, 2.75) is 32.2 Å². The van der Waals surface area contributed by atoms with Crippen molar-refractivity contribution in [2.24, 2.45) is 11.7 Å². The van der Waals surface area contributed by atoms with Crippen LogP contribution < -0.4 is 5.73 Å². The lowest BCUT2D eigenvalue weighted by molar-refractivity contribution is -0.134. The van der Waals surface area contributed by atoms with Crippen molar-refractivity contribution in [1.29, 1.82) is 0 Å². The molecule has 1 aromatic heterocycles. The third-order valence-corrected chi connectivity index (χ3v) is 4.65. The zero-order valence-corrected chi connectivity index (χ0v) is 12.5. The van der Waals surface area contributed by atoms with Gasteiger partial charge >= 0.3 is 0 Å². The molecule has 0 bridgehead atoms. The SMILES string of the molecule is CC1CCC(CN)CN1C(=O)Cc1c[nH]c2ccccc12. The van der Waals surface area contributed by atoms with Gasteiger partial charge in [0.15, 0.2) is 0 Å². The maximum atomic E-state index is 12.7. The van der Waals surface area contributed by atoms with E-state index in [-0.39, 0.29) is 5.91 Å². The first-order valence-corrected chi connectivity index (χ1v) is 7.73. The highest BCUT2D eigenvalue weighted by atomic mass is 16.2. The fourth-order valence-corrected chi connectivity index (χ4v) is 3.26. The first kappa shape index (κ1) is 14.1. The number of hydrogen-bond acceptors (Lipinski definition) is 2. The minimum Gasteiger partial charge on any atom is -0.361 e. The molecule has 0 radical (unpaired) electrons. The van der Waals surface area contributed by atoms with Crippen LogP contribution in [0.25, 0.3) is 10.9 Å². The predicted octanol–water partition coefficient (Wildman–Crippen LogP) is 2.30. The molecule has 3 N–H and O–H groups in total. The van der Waals surface area contributed by atoms with Crippen LogP contribution in [0, 0.1) is 5.92 Å². The number of aromatic amines is 1. The number of piperidine rings is 1. The van der Waals surface area contributed by atoms with E-state index in [1.54, 1.807) is 0 Å². The Hall–Kier alpha value is -1.81. The molecule has 0 spiro atoms. The van der Waals surface area contributed by atoms with Gasteiger partial charge in [0.1, 0.15) is 0 Å². The van der Waals surface area contributed by atoms with Crippen molar-refractivity contribution in [3.8, 4) is 0 Å². The van der Waals surface area contributed by atoms with Crippen molar-refractivity contribution in [3.63, 3.8) is 0 Å². The average Bonchev–Trinajstić information content (AvgIpc) is 2.91. The molecule has 2 atom stereocenters. The molecule has 1 aliphatic rings. The number of hydrogen-bond donors (Lipinski definition) is 2. The van der Waals surface area contributed by atoms with Crippen LogP contribution in [-0.2, 0) is 11.2 Å². The molecule has 1 saturated heterocycles. The summed E-state index contributed by atoms with van der Waals surface area (Å²) in [5, 5.41) is 1.14. The highest BCUT2D eigenvalue weighted by molar-refractivity contribution is 5.89.